The summed E-state index contributed by atoms with van der Waals surface area (Å²) in [4.78, 5) is 43.2. The number of amides is 1. The van der Waals surface area contributed by atoms with Crippen LogP contribution in [0.25, 0.3) is 10.2 Å². The number of hydrogen-bond acceptors (Lipinski definition) is 6. The van der Waals surface area contributed by atoms with E-state index in [1.165, 1.54) is 27.7 Å². The molecule has 1 aliphatic rings. The van der Waals surface area contributed by atoms with Crippen LogP contribution in [0.15, 0.2) is 28.2 Å². The minimum absolute atomic E-state index is 0.00330. The summed E-state index contributed by atoms with van der Waals surface area (Å²) in [5.74, 6) is 0.168. The molecule has 144 valence electrons. The van der Waals surface area contributed by atoms with E-state index in [1.54, 1.807) is 19.2 Å². The molecule has 0 spiro atoms. The molecule has 1 N–H and O–H groups in total. The molecule has 0 unspecified atom stereocenters. The van der Waals surface area contributed by atoms with Crippen molar-refractivity contribution in [2.24, 2.45) is 7.05 Å². The van der Waals surface area contributed by atoms with Gasteiger partial charge in [-0.2, -0.15) is 0 Å². The monoisotopic (exact) mass is 413 g/mol. The zero-order chi connectivity index (χ0) is 20.0. The molecule has 0 atom stereocenters. The molecule has 4 rings (SSSR count). The number of nitrogens with zero attached hydrogens (tertiary/aromatic N) is 2. The Morgan fingerprint density at radius 3 is 2.86 bits per heavy atom. The molecular formula is C20H19N3O3S2. The van der Waals surface area contributed by atoms with E-state index in [-0.39, 0.29) is 23.0 Å². The molecule has 1 amide bonds. The van der Waals surface area contributed by atoms with E-state index in [1.807, 2.05) is 19.9 Å². The Labute approximate surface area is 170 Å². The average molecular weight is 414 g/mol. The van der Waals surface area contributed by atoms with E-state index < -0.39 is 0 Å². The Kier molecular flexibility index (Phi) is 4.84. The van der Waals surface area contributed by atoms with E-state index >= 15 is 0 Å². The third kappa shape index (κ3) is 3.27. The third-order valence-corrected chi connectivity index (χ3v) is 7.16. The zero-order valence-electron chi connectivity index (χ0n) is 15.8. The molecule has 0 saturated heterocycles. The topological polar surface area (TPSA) is 81.1 Å². The molecule has 6 nitrogen and oxygen atoms in total. The first-order chi connectivity index (χ1) is 13.3. The molecule has 0 saturated carbocycles. The summed E-state index contributed by atoms with van der Waals surface area (Å²) >= 11 is 2.78. The van der Waals surface area contributed by atoms with Gasteiger partial charge in [-0.1, -0.05) is 11.8 Å². The van der Waals surface area contributed by atoms with Crippen LogP contribution in [-0.2, 0) is 18.3 Å². The highest BCUT2D eigenvalue weighted by Crippen LogP contribution is 2.29. The maximum Gasteiger partial charge on any atom is 0.262 e. The number of rotatable bonds is 4. The summed E-state index contributed by atoms with van der Waals surface area (Å²) in [5.41, 5.74) is 3.26. The van der Waals surface area contributed by atoms with Crippen molar-refractivity contribution in [3.63, 3.8) is 0 Å². The van der Waals surface area contributed by atoms with Crippen molar-refractivity contribution in [3.05, 3.63) is 50.1 Å². The molecule has 1 aromatic carbocycles. The van der Waals surface area contributed by atoms with Crippen LogP contribution in [0.4, 0.5) is 5.69 Å². The smallest absolute Gasteiger partial charge is 0.262 e. The fraction of sp³-hybridized carbons (Fsp3) is 0.300. The Hall–Kier alpha value is -2.45. The van der Waals surface area contributed by atoms with Gasteiger partial charge in [0.2, 0.25) is 5.91 Å². The van der Waals surface area contributed by atoms with Crippen LogP contribution in [0.3, 0.4) is 0 Å². The van der Waals surface area contributed by atoms with Crippen LogP contribution in [0.2, 0.25) is 0 Å². The normalized spacial score (nSPS) is 13.5. The SMILES string of the molecule is Cc1sc2nc(SCC(=O)c3ccc4c(c3)CCC(=O)N4)n(C)c(=O)c2c1C. The summed E-state index contributed by atoms with van der Waals surface area (Å²) < 4.78 is 1.52. The fourth-order valence-electron chi connectivity index (χ4n) is 3.26. The van der Waals surface area contributed by atoms with Crippen molar-refractivity contribution in [1.82, 2.24) is 9.55 Å². The highest BCUT2D eigenvalue weighted by molar-refractivity contribution is 7.99. The molecule has 0 bridgehead atoms. The molecular weight excluding hydrogens is 394 g/mol. The second-order valence-corrected chi connectivity index (χ2v) is 9.00. The van der Waals surface area contributed by atoms with E-state index in [0.717, 1.165) is 26.5 Å². The van der Waals surface area contributed by atoms with Gasteiger partial charge in [0, 0.05) is 29.6 Å². The van der Waals surface area contributed by atoms with E-state index in [4.69, 9.17) is 0 Å². The van der Waals surface area contributed by atoms with Gasteiger partial charge in [0.15, 0.2) is 10.9 Å². The summed E-state index contributed by atoms with van der Waals surface area (Å²) in [6, 6.07) is 5.36. The number of fused-ring (bicyclic) bond motifs is 2. The Morgan fingerprint density at radius 2 is 2.07 bits per heavy atom. The number of nitrogens with one attached hydrogen (secondary N) is 1. The van der Waals surface area contributed by atoms with Crippen molar-refractivity contribution < 1.29 is 9.59 Å². The molecule has 0 fully saturated rings. The van der Waals surface area contributed by atoms with Crippen LogP contribution < -0.4 is 10.9 Å². The molecule has 0 radical (unpaired) electrons. The standard InChI is InChI=1S/C20H19N3O3S2/c1-10-11(2)28-18-17(10)19(26)23(3)20(22-18)27-9-15(24)13-4-6-14-12(8-13)5-7-16(25)21-14/h4,6,8H,5,7,9H2,1-3H3,(H,21,25). The minimum Gasteiger partial charge on any atom is -0.326 e. The number of thioether (sulfide) groups is 1. The predicted octanol–water partition coefficient (Wildman–Crippen LogP) is 3.47. The van der Waals surface area contributed by atoms with Gasteiger partial charge < -0.3 is 5.32 Å². The average Bonchev–Trinajstić information content (AvgIpc) is 2.96. The van der Waals surface area contributed by atoms with E-state index in [9.17, 15) is 14.4 Å². The number of carbonyl (C=O) groups is 2. The molecule has 28 heavy (non-hydrogen) atoms. The first-order valence-corrected chi connectivity index (χ1v) is 10.7. The van der Waals surface area contributed by atoms with Crippen LogP contribution in [0.1, 0.15) is 32.8 Å². The second kappa shape index (κ2) is 7.18. The van der Waals surface area contributed by atoms with Gasteiger partial charge >= 0.3 is 0 Å². The van der Waals surface area contributed by atoms with E-state index in [2.05, 4.69) is 10.3 Å². The third-order valence-electron chi connectivity index (χ3n) is 5.02. The van der Waals surface area contributed by atoms with Crippen LogP contribution >= 0.6 is 23.1 Å². The van der Waals surface area contributed by atoms with Crippen molar-refractivity contribution >= 4 is 50.7 Å². The van der Waals surface area contributed by atoms with Gasteiger partial charge in [-0.3, -0.25) is 19.0 Å². The van der Waals surface area contributed by atoms with Crippen LogP contribution in [0, 0.1) is 13.8 Å². The Balaban J connectivity index is 1.56. The number of benzene rings is 1. The number of carbonyl (C=O) groups excluding carboxylic acids is 2. The fourth-order valence-corrected chi connectivity index (χ4v) is 5.19. The number of aromatic nitrogens is 2. The highest BCUT2D eigenvalue weighted by Gasteiger charge is 2.18. The number of ketones is 1. The molecule has 0 aliphatic carbocycles. The van der Waals surface area contributed by atoms with Gasteiger partial charge in [0.25, 0.3) is 5.56 Å². The Morgan fingerprint density at radius 1 is 1.29 bits per heavy atom. The summed E-state index contributed by atoms with van der Waals surface area (Å²) in [6.07, 6.45) is 1.07. The minimum atomic E-state index is -0.0775. The molecule has 1 aliphatic heterocycles. The predicted molar refractivity (Wildman–Crippen MR) is 113 cm³/mol. The number of aryl methyl sites for hydroxylation is 3. The number of hydrogen-bond donors (Lipinski definition) is 1. The van der Waals surface area contributed by atoms with Crippen LogP contribution in [0.5, 0.6) is 0 Å². The first kappa shape index (κ1) is 18.9. The molecule has 3 heterocycles. The first-order valence-electron chi connectivity index (χ1n) is 8.90. The lowest BCUT2D eigenvalue weighted by Crippen LogP contribution is -2.20. The van der Waals surface area contributed by atoms with Crippen LogP contribution in [-0.4, -0.2) is 27.0 Å². The van der Waals surface area contributed by atoms with Crippen molar-refractivity contribution in [2.45, 2.75) is 31.8 Å². The maximum absolute atomic E-state index is 12.7. The lowest BCUT2D eigenvalue weighted by molar-refractivity contribution is -0.116. The number of thiophene rings is 1. The quantitative estimate of drug-likeness (QED) is 0.402. The van der Waals surface area contributed by atoms with Crippen molar-refractivity contribution in [1.29, 1.82) is 0 Å². The van der Waals surface area contributed by atoms with E-state index in [0.29, 0.717) is 28.9 Å². The van der Waals surface area contributed by atoms with Crippen molar-refractivity contribution in [3.8, 4) is 0 Å². The lowest BCUT2D eigenvalue weighted by Gasteiger charge is -2.17. The van der Waals surface area contributed by atoms with Crippen molar-refractivity contribution in [2.75, 3.05) is 11.1 Å². The number of anilines is 1. The van der Waals surface area contributed by atoms with Gasteiger partial charge in [-0.15, -0.1) is 11.3 Å². The summed E-state index contributed by atoms with van der Waals surface area (Å²) in [5, 5.41) is 4.02. The van der Waals surface area contributed by atoms with Gasteiger partial charge in [-0.25, -0.2) is 4.98 Å². The molecule has 8 heteroatoms. The molecule has 2 aromatic heterocycles. The van der Waals surface area contributed by atoms with Gasteiger partial charge in [-0.05, 0) is 49.6 Å². The highest BCUT2D eigenvalue weighted by atomic mass is 32.2. The number of Topliss-reactive ketones (excluding diaryl/α,β-unsaturated/α-hetero) is 1. The summed E-state index contributed by atoms with van der Waals surface area (Å²) in [6.45, 7) is 3.92. The van der Waals surface area contributed by atoms with Gasteiger partial charge in [0.05, 0.1) is 11.1 Å². The summed E-state index contributed by atoms with van der Waals surface area (Å²) in [7, 11) is 1.69. The maximum atomic E-state index is 12.7. The largest absolute Gasteiger partial charge is 0.326 e. The Bertz CT molecular complexity index is 1190. The lowest BCUT2D eigenvalue weighted by atomic mass is 9.99. The molecule has 3 aromatic rings. The second-order valence-electron chi connectivity index (χ2n) is 6.85. The van der Waals surface area contributed by atoms with Gasteiger partial charge in [0.1, 0.15) is 4.83 Å². The zero-order valence-corrected chi connectivity index (χ0v) is 17.4.